The van der Waals surface area contributed by atoms with Crippen LogP contribution in [0, 0.1) is 0 Å². The van der Waals surface area contributed by atoms with E-state index < -0.39 is 0 Å². The van der Waals surface area contributed by atoms with E-state index in [0.29, 0.717) is 0 Å². The van der Waals surface area contributed by atoms with Gasteiger partial charge in [0.2, 0.25) is 0 Å². The highest BCUT2D eigenvalue weighted by molar-refractivity contribution is 5.63. The molecule has 0 amide bonds. The largest absolute Gasteiger partial charge is 0.378 e. The van der Waals surface area contributed by atoms with Crippen LogP contribution in [0.5, 0.6) is 0 Å². The number of ether oxygens (including phenoxy) is 1. The third-order valence-corrected chi connectivity index (χ3v) is 3.24. The first-order valence-corrected chi connectivity index (χ1v) is 5.98. The summed E-state index contributed by atoms with van der Waals surface area (Å²) in [6.07, 6.45) is 0. The molecule has 0 atom stereocenters. The van der Waals surface area contributed by atoms with E-state index in [-0.39, 0.29) is 0 Å². The van der Waals surface area contributed by atoms with Gasteiger partial charge in [0.05, 0.1) is 19.0 Å². The molecule has 2 N–H and O–H groups in total. The Hall–Kier alpha value is -1.68. The molecule has 1 aromatic rings. The van der Waals surface area contributed by atoms with Crippen molar-refractivity contribution in [2.45, 2.75) is 6.54 Å². The summed E-state index contributed by atoms with van der Waals surface area (Å²) in [5, 5.41) is 6.46. The molecule has 2 aliphatic rings. The van der Waals surface area contributed by atoms with Crippen molar-refractivity contribution in [3.63, 3.8) is 0 Å². The van der Waals surface area contributed by atoms with Gasteiger partial charge in [-0.15, -0.1) is 0 Å². The smallest absolute Gasteiger partial charge is 0.0959 e. The lowest BCUT2D eigenvalue weighted by Gasteiger charge is -2.30. The van der Waals surface area contributed by atoms with Crippen LogP contribution in [-0.2, 0) is 11.3 Å². The second-order valence-electron chi connectivity index (χ2n) is 4.40. The number of hydrogen-bond acceptors (Lipinski definition) is 4. The quantitative estimate of drug-likeness (QED) is 0.768. The predicted molar refractivity (Wildman–Crippen MR) is 69.1 cm³/mol. The van der Waals surface area contributed by atoms with E-state index in [2.05, 4.69) is 40.3 Å². The molecule has 2 aliphatic heterocycles. The third-order valence-electron chi connectivity index (χ3n) is 3.24. The summed E-state index contributed by atoms with van der Waals surface area (Å²) in [6, 6.07) is 6.54. The summed E-state index contributed by atoms with van der Waals surface area (Å²) in [5.74, 6) is 0.872. The SMILES string of the molecule is C=C1NCc2cc(N3CCOCC3)ccc2N1. The van der Waals surface area contributed by atoms with E-state index in [0.717, 1.165) is 44.4 Å². The zero-order chi connectivity index (χ0) is 11.7. The molecule has 0 bridgehead atoms. The van der Waals surface area contributed by atoms with Crippen LogP contribution >= 0.6 is 0 Å². The van der Waals surface area contributed by atoms with Gasteiger partial charge >= 0.3 is 0 Å². The summed E-state index contributed by atoms with van der Waals surface area (Å²) in [4.78, 5) is 2.37. The highest BCUT2D eigenvalue weighted by atomic mass is 16.5. The van der Waals surface area contributed by atoms with Gasteiger partial charge < -0.3 is 20.3 Å². The number of nitrogens with zero attached hydrogens (tertiary/aromatic N) is 1. The molecule has 17 heavy (non-hydrogen) atoms. The Labute approximate surface area is 101 Å². The fourth-order valence-electron chi connectivity index (χ4n) is 2.28. The molecular weight excluding hydrogens is 214 g/mol. The Morgan fingerprint density at radius 1 is 1.24 bits per heavy atom. The number of morpholine rings is 1. The number of fused-ring (bicyclic) bond motifs is 1. The van der Waals surface area contributed by atoms with Gasteiger partial charge in [-0.05, 0) is 23.8 Å². The van der Waals surface area contributed by atoms with Gasteiger partial charge in [0, 0.05) is 31.0 Å². The second-order valence-corrected chi connectivity index (χ2v) is 4.40. The number of nitrogens with one attached hydrogen (secondary N) is 2. The van der Waals surface area contributed by atoms with Gasteiger partial charge in [0.1, 0.15) is 0 Å². The van der Waals surface area contributed by atoms with Crippen LogP contribution in [0.15, 0.2) is 30.6 Å². The highest BCUT2D eigenvalue weighted by Crippen LogP contribution is 2.26. The average molecular weight is 231 g/mol. The topological polar surface area (TPSA) is 36.5 Å². The molecule has 1 fully saturated rings. The van der Waals surface area contributed by atoms with Gasteiger partial charge in [-0.3, -0.25) is 0 Å². The number of hydrogen-bond donors (Lipinski definition) is 2. The molecule has 0 saturated carbocycles. The first kappa shape index (κ1) is 10.5. The molecule has 1 saturated heterocycles. The molecular formula is C13H17N3O. The predicted octanol–water partition coefficient (Wildman–Crippen LogP) is 1.51. The van der Waals surface area contributed by atoms with Crippen LogP contribution in [0.3, 0.4) is 0 Å². The lowest BCUT2D eigenvalue weighted by Crippen LogP contribution is -2.36. The van der Waals surface area contributed by atoms with Crippen LogP contribution < -0.4 is 15.5 Å². The molecule has 4 nitrogen and oxygen atoms in total. The van der Waals surface area contributed by atoms with E-state index in [9.17, 15) is 0 Å². The van der Waals surface area contributed by atoms with Crippen LogP contribution in [0.25, 0.3) is 0 Å². The van der Waals surface area contributed by atoms with Crippen molar-refractivity contribution in [3.8, 4) is 0 Å². The fraction of sp³-hybridized carbons (Fsp3) is 0.385. The van der Waals surface area contributed by atoms with Crippen molar-refractivity contribution in [2.24, 2.45) is 0 Å². The van der Waals surface area contributed by atoms with Crippen molar-refractivity contribution in [3.05, 3.63) is 36.2 Å². The van der Waals surface area contributed by atoms with Crippen molar-refractivity contribution >= 4 is 11.4 Å². The summed E-state index contributed by atoms with van der Waals surface area (Å²) in [7, 11) is 0. The van der Waals surface area contributed by atoms with Crippen LogP contribution in [0.1, 0.15) is 5.56 Å². The Morgan fingerprint density at radius 2 is 2.06 bits per heavy atom. The normalized spacial score (nSPS) is 19.3. The van der Waals surface area contributed by atoms with Gasteiger partial charge in [0.25, 0.3) is 0 Å². The van der Waals surface area contributed by atoms with Gasteiger partial charge in [-0.2, -0.15) is 0 Å². The summed E-state index contributed by atoms with van der Waals surface area (Å²) in [6.45, 7) is 8.33. The maximum atomic E-state index is 5.37. The number of benzene rings is 1. The molecule has 0 radical (unpaired) electrons. The van der Waals surface area contributed by atoms with Crippen molar-refractivity contribution in [1.29, 1.82) is 0 Å². The minimum atomic E-state index is 0.824. The maximum absolute atomic E-state index is 5.37. The Bertz CT molecular complexity index is 438. The van der Waals surface area contributed by atoms with E-state index >= 15 is 0 Å². The van der Waals surface area contributed by atoms with Crippen LogP contribution in [0.2, 0.25) is 0 Å². The van der Waals surface area contributed by atoms with Gasteiger partial charge in [-0.25, -0.2) is 0 Å². The van der Waals surface area contributed by atoms with E-state index in [1.807, 2.05) is 0 Å². The van der Waals surface area contributed by atoms with Crippen molar-refractivity contribution < 1.29 is 4.74 Å². The molecule has 90 valence electrons. The molecule has 2 heterocycles. The van der Waals surface area contributed by atoms with Crippen molar-refractivity contribution in [1.82, 2.24) is 5.32 Å². The standard InChI is InChI=1S/C13H17N3O/c1-10-14-9-11-8-12(2-3-13(11)15-10)16-4-6-17-7-5-16/h2-3,8,14-15H,1,4-7,9H2. The van der Waals surface area contributed by atoms with Crippen LogP contribution in [-0.4, -0.2) is 26.3 Å². The van der Waals surface area contributed by atoms with E-state index in [1.54, 1.807) is 0 Å². The average Bonchev–Trinajstić information content (AvgIpc) is 2.39. The van der Waals surface area contributed by atoms with E-state index in [1.165, 1.54) is 11.3 Å². The minimum absolute atomic E-state index is 0.824. The van der Waals surface area contributed by atoms with Crippen molar-refractivity contribution in [2.75, 3.05) is 36.5 Å². The third kappa shape index (κ3) is 2.08. The Morgan fingerprint density at radius 3 is 2.88 bits per heavy atom. The molecule has 4 heteroatoms. The first-order chi connectivity index (χ1) is 8.33. The lowest BCUT2D eigenvalue weighted by molar-refractivity contribution is 0.122. The fourth-order valence-corrected chi connectivity index (χ4v) is 2.28. The first-order valence-electron chi connectivity index (χ1n) is 5.98. The number of anilines is 2. The lowest BCUT2D eigenvalue weighted by atomic mass is 10.1. The second kappa shape index (κ2) is 4.30. The molecule has 0 unspecified atom stereocenters. The maximum Gasteiger partial charge on any atom is 0.0959 e. The zero-order valence-electron chi connectivity index (χ0n) is 9.83. The van der Waals surface area contributed by atoms with E-state index in [4.69, 9.17) is 4.74 Å². The highest BCUT2D eigenvalue weighted by Gasteiger charge is 2.15. The van der Waals surface area contributed by atoms with Gasteiger partial charge in [0.15, 0.2) is 0 Å². The van der Waals surface area contributed by atoms with Crippen LogP contribution in [0.4, 0.5) is 11.4 Å². The Balaban J connectivity index is 1.85. The Kier molecular flexibility index (Phi) is 2.65. The molecule has 1 aromatic carbocycles. The number of rotatable bonds is 1. The molecule has 0 spiro atoms. The zero-order valence-corrected chi connectivity index (χ0v) is 9.83. The minimum Gasteiger partial charge on any atom is -0.378 e. The monoisotopic (exact) mass is 231 g/mol. The summed E-state index contributed by atoms with van der Waals surface area (Å²) in [5.41, 5.74) is 3.73. The molecule has 0 aliphatic carbocycles. The molecule has 3 rings (SSSR count). The molecule has 0 aromatic heterocycles. The summed E-state index contributed by atoms with van der Waals surface area (Å²) < 4.78 is 5.37. The van der Waals surface area contributed by atoms with Gasteiger partial charge in [-0.1, -0.05) is 6.58 Å². The summed E-state index contributed by atoms with van der Waals surface area (Å²) >= 11 is 0.